The van der Waals surface area contributed by atoms with Crippen LogP contribution >= 0.6 is 7.82 Å². The molecule has 2 aliphatic rings. The Balaban J connectivity index is 1.37. The van der Waals surface area contributed by atoms with Crippen LogP contribution in [0.3, 0.4) is 0 Å². The quantitative estimate of drug-likeness (QED) is 0.208. The molecule has 0 radical (unpaired) electrons. The monoisotopic (exact) mass is 668 g/mol. The molecule has 1 aromatic heterocycles. The summed E-state index contributed by atoms with van der Waals surface area (Å²) in [6, 6.07) is 22.3. The Labute approximate surface area is 276 Å². The Bertz CT molecular complexity index is 1950. The molecule has 246 valence electrons. The Kier molecular flexibility index (Phi) is 9.17. The van der Waals surface area contributed by atoms with Gasteiger partial charge in [0.05, 0.1) is 18.1 Å². The van der Waals surface area contributed by atoms with Crippen LogP contribution in [0.2, 0.25) is 0 Å². The maximum atomic E-state index is 14.3. The molecule has 6 rings (SSSR count). The number of nitrogens with one attached hydrogen (secondary N) is 1. The topological polar surface area (TPSA) is 156 Å². The fourth-order valence-electron chi connectivity index (χ4n) is 6.04. The SMILES string of the molecule is C[C@H]1[C@H]2N(C(=O)CN(C)N2C(=O)NCc2ccccc2)[C@@H](C#Cc2ccc(OP(=O)(O)O)cc2)C(=O)N1Cc1cccc2cccnc12. The number of phosphoric acid groups is 1. The minimum atomic E-state index is -4.75. The van der Waals surface area contributed by atoms with Gasteiger partial charge in [-0.1, -0.05) is 66.4 Å². The van der Waals surface area contributed by atoms with Gasteiger partial charge < -0.3 is 14.7 Å². The number of fused-ring (bicyclic) bond motifs is 2. The summed E-state index contributed by atoms with van der Waals surface area (Å²) in [6.07, 6.45) is 0.790. The van der Waals surface area contributed by atoms with Gasteiger partial charge in [-0.15, -0.1) is 0 Å². The number of para-hydroxylation sites is 1. The van der Waals surface area contributed by atoms with E-state index in [9.17, 15) is 18.9 Å². The summed E-state index contributed by atoms with van der Waals surface area (Å²) >= 11 is 0. The molecule has 2 aliphatic heterocycles. The van der Waals surface area contributed by atoms with Crippen LogP contribution in [0.25, 0.3) is 10.9 Å². The largest absolute Gasteiger partial charge is 0.524 e. The lowest BCUT2D eigenvalue weighted by Gasteiger charge is -2.56. The van der Waals surface area contributed by atoms with Gasteiger partial charge in [-0.3, -0.25) is 29.3 Å². The van der Waals surface area contributed by atoms with Gasteiger partial charge in [0.2, 0.25) is 5.91 Å². The van der Waals surface area contributed by atoms with Crippen molar-refractivity contribution in [2.75, 3.05) is 13.6 Å². The van der Waals surface area contributed by atoms with Crippen LogP contribution in [0.5, 0.6) is 5.75 Å². The highest BCUT2D eigenvalue weighted by atomic mass is 31.2. The van der Waals surface area contributed by atoms with E-state index in [1.807, 2.05) is 60.7 Å². The van der Waals surface area contributed by atoms with E-state index in [4.69, 9.17) is 9.79 Å². The second-order valence-electron chi connectivity index (χ2n) is 11.5. The maximum absolute atomic E-state index is 14.3. The highest BCUT2D eigenvalue weighted by molar-refractivity contribution is 7.46. The number of aromatic nitrogens is 1. The summed E-state index contributed by atoms with van der Waals surface area (Å²) in [5.74, 6) is 5.06. The molecule has 4 amide bonds. The predicted molar refractivity (Wildman–Crippen MR) is 175 cm³/mol. The fourth-order valence-corrected chi connectivity index (χ4v) is 6.44. The number of phosphoric ester groups is 1. The van der Waals surface area contributed by atoms with Crippen LogP contribution in [0.1, 0.15) is 23.6 Å². The van der Waals surface area contributed by atoms with Gasteiger partial charge in [-0.25, -0.2) is 19.4 Å². The first-order chi connectivity index (χ1) is 23.0. The van der Waals surface area contributed by atoms with E-state index in [0.29, 0.717) is 5.56 Å². The second kappa shape index (κ2) is 13.5. The summed E-state index contributed by atoms with van der Waals surface area (Å²) in [4.78, 5) is 67.7. The number of amides is 4. The molecule has 14 heteroatoms. The Morgan fingerprint density at radius 1 is 1.02 bits per heavy atom. The number of likely N-dealkylation sites (N-methyl/N-ethyl adjacent to an activating group) is 1. The molecule has 3 heterocycles. The summed E-state index contributed by atoms with van der Waals surface area (Å²) < 4.78 is 15.8. The average molecular weight is 669 g/mol. The summed E-state index contributed by atoms with van der Waals surface area (Å²) in [5, 5.41) is 6.88. The Hall–Kier alpha value is -5.25. The number of hydrogen-bond donors (Lipinski definition) is 3. The number of nitrogens with zero attached hydrogens (tertiary/aromatic N) is 5. The fraction of sp³-hybridized carbons (Fsp3) is 0.235. The average Bonchev–Trinajstić information content (AvgIpc) is 3.06. The van der Waals surface area contributed by atoms with Crippen molar-refractivity contribution in [1.82, 2.24) is 30.1 Å². The molecule has 3 atom stereocenters. The number of pyridine rings is 1. The zero-order valence-corrected chi connectivity index (χ0v) is 27.0. The van der Waals surface area contributed by atoms with E-state index >= 15 is 0 Å². The first-order valence-electron chi connectivity index (χ1n) is 15.1. The molecule has 13 nitrogen and oxygen atoms in total. The number of carbonyl (C=O) groups excluding carboxylic acids is 3. The van der Waals surface area contributed by atoms with Gasteiger partial charge in [0, 0.05) is 37.3 Å². The van der Waals surface area contributed by atoms with Crippen LogP contribution in [0, 0.1) is 11.8 Å². The standard InChI is InChI=1S/C34H33N6O7P/c1-23-32-39(30(41)22-37(2)40(32)34(43)36-20-25-8-4-3-5-9-25)29(18-15-24-13-16-28(17-14-24)47-48(44,45)46)33(42)38(23)21-27-11-6-10-26-12-7-19-35-31(26)27/h3-14,16-17,19,23,29,32H,20-22H2,1-2H3,(H,36,43)(H2,44,45,46)/t23-,29-,32-/m0/s1. The third kappa shape index (κ3) is 6.88. The molecule has 0 aliphatic carbocycles. The van der Waals surface area contributed by atoms with Crippen LogP contribution in [0.15, 0.2) is 91.1 Å². The molecule has 48 heavy (non-hydrogen) atoms. The molecule has 0 spiro atoms. The van der Waals surface area contributed by atoms with Crippen molar-refractivity contribution >= 4 is 36.6 Å². The van der Waals surface area contributed by atoms with E-state index in [1.165, 1.54) is 34.2 Å². The van der Waals surface area contributed by atoms with Gasteiger partial charge >= 0.3 is 13.9 Å². The Morgan fingerprint density at radius 3 is 2.48 bits per heavy atom. The minimum absolute atomic E-state index is 0.0576. The lowest BCUT2D eigenvalue weighted by molar-refractivity contribution is -0.192. The molecule has 2 fully saturated rings. The zero-order valence-electron chi connectivity index (χ0n) is 26.1. The number of benzene rings is 3. The van der Waals surface area contributed by atoms with E-state index in [2.05, 4.69) is 26.7 Å². The van der Waals surface area contributed by atoms with Crippen molar-refractivity contribution in [3.63, 3.8) is 0 Å². The van der Waals surface area contributed by atoms with E-state index in [0.717, 1.165) is 22.0 Å². The van der Waals surface area contributed by atoms with Gasteiger partial charge in [0.15, 0.2) is 6.04 Å². The number of hydrazine groups is 1. The van der Waals surface area contributed by atoms with Crippen LogP contribution < -0.4 is 9.84 Å². The molecular formula is C34H33N6O7P. The number of hydrogen-bond acceptors (Lipinski definition) is 7. The predicted octanol–water partition coefficient (Wildman–Crippen LogP) is 3.08. The molecule has 0 unspecified atom stereocenters. The van der Waals surface area contributed by atoms with E-state index < -0.39 is 38.0 Å². The first-order valence-corrected chi connectivity index (χ1v) is 16.7. The summed E-state index contributed by atoms with van der Waals surface area (Å²) in [5.41, 5.74) is 2.85. The van der Waals surface area contributed by atoms with Crippen LogP contribution in [0.4, 0.5) is 4.79 Å². The molecular weight excluding hydrogens is 635 g/mol. The van der Waals surface area contributed by atoms with Gasteiger partial charge in [-0.2, -0.15) is 0 Å². The molecule has 3 aromatic carbocycles. The highest BCUT2D eigenvalue weighted by Crippen LogP contribution is 2.37. The molecule has 0 bridgehead atoms. The van der Waals surface area contributed by atoms with Crippen molar-refractivity contribution in [3.05, 3.63) is 108 Å². The molecule has 3 N–H and O–H groups in total. The first kappa shape index (κ1) is 32.7. The third-order valence-electron chi connectivity index (χ3n) is 8.26. The number of rotatable bonds is 6. The maximum Gasteiger partial charge on any atom is 0.524 e. The number of urea groups is 1. The van der Waals surface area contributed by atoms with E-state index in [-0.39, 0.29) is 31.3 Å². The summed E-state index contributed by atoms with van der Waals surface area (Å²) in [7, 11) is -3.09. The van der Waals surface area contributed by atoms with Crippen molar-refractivity contribution in [1.29, 1.82) is 0 Å². The summed E-state index contributed by atoms with van der Waals surface area (Å²) in [6.45, 7) is 2.06. The Morgan fingerprint density at radius 2 is 1.75 bits per heavy atom. The number of carbonyl (C=O) groups is 3. The smallest absolute Gasteiger partial charge is 0.404 e. The molecule has 4 aromatic rings. The minimum Gasteiger partial charge on any atom is -0.404 e. The zero-order chi connectivity index (χ0) is 34.0. The third-order valence-corrected chi connectivity index (χ3v) is 8.71. The van der Waals surface area contributed by atoms with Crippen LogP contribution in [-0.2, 0) is 27.2 Å². The lowest BCUT2D eigenvalue weighted by Crippen LogP contribution is -2.78. The van der Waals surface area contributed by atoms with Crippen LogP contribution in [-0.4, -0.2) is 84.3 Å². The van der Waals surface area contributed by atoms with E-state index in [1.54, 1.807) is 30.1 Å². The van der Waals surface area contributed by atoms with Gasteiger partial charge in [-0.05, 0) is 48.4 Å². The van der Waals surface area contributed by atoms with Crippen molar-refractivity contribution in [3.8, 4) is 17.6 Å². The second-order valence-corrected chi connectivity index (χ2v) is 12.7. The van der Waals surface area contributed by atoms with Crippen molar-refractivity contribution < 1.29 is 33.3 Å². The number of piperazine rings is 1. The lowest BCUT2D eigenvalue weighted by atomic mass is 9.99. The van der Waals surface area contributed by atoms with Gasteiger partial charge in [0.25, 0.3) is 5.91 Å². The van der Waals surface area contributed by atoms with Crippen molar-refractivity contribution in [2.45, 2.75) is 38.3 Å². The normalized spacial score (nSPS) is 19.8. The molecule has 2 saturated heterocycles. The van der Waals surface area contributed by atoms with Crippen molar-refractivity contribution in [2.24, 2.45) is 0 Å². The molecule has 0 saturated carbocycles. The highest BCUT2D eigenvalue weighted by Gasteiger charge is 2.54. The van der Waals surface area contributed by atoms with Gasteiger partial charge in [0.1, 0.15) is 11.9 Å².